The van der Waals surface area contributed by atoms with Crippen LogP contribution in [-0.4, -0.2) is 29.3 Å². The lowest BCUT2D eigenvalue weighted by atomic mass is 10.1. The molecule has 2 heterocycles. The smallest absolute Gasteiger partial charge is 0.391 e. The Kier molecular flexibility index (Phi) is 3.24. The molecule has 1 N–H and O–H groups in total. The first-order valence-corrected chi connectivity index (χ1v) is 5.44. The average Bonchev–Trinajstić information content (AvgIpc) is 2.28. The number of aromatic nitrogens is 1. The number of alkyl halides is 3. The van der Waals surface area contributed by atoms with Crippen molar-refractivity contribution in [2.75, 3.05) is 18.0 Å². The monoisotopic (exact) mass is 246 g/mol. The van der Waals surface area contributed by atoms with Gasteiger partial charge in [0.2, 0.25) is 0 Å². The minimum Gasteiger partial charge on any atom is -0.391 e. The van der Waals surface area contributed by atoms with Crippen molar-refractivity contribution in [1.82, 2.24) is 4.98 Å². The highest BCUT2D eigenvalue weighted by atomic mass is 19.4. The van der Waals surface area contributed by atoms with Crippen LogP contribution in [-0.2, 0) is 6.18 Å². The van der Waals surface area contributed by atoms with Crippen LogP contribution in [0.5, 0.6) is 0 Å². The maximum absolute atomic E-state index is 12.5. The molecular formula is C11H13F3N2O. The largest absolute Gasteiger partial charge is 0.433 e. The molecule has 1 aromatic rings. The van der Waals surface area contributed by atoms with E-state index in [0.29, 0.717) is 19.5 Å². The van der Waals surface area contributed by atoms with Gasteiger partial charge in [0.25, 0.3) is 0 Å². The number of halogens is 3. The Morgan fingerprint density at radius 1 is 1.35 bits per heavy atom. The van der Waals surface area contributed by atoms with Gasteiger partial charge in [0.05, 0.1) is 6.10 Å². The molecule has 2 rings (SSSR count). The van der Waals surface area contributed by atoms with Crippen LogP contribution in [0, 0.1) is 0 Å². The van der Waals surface area contributed by atoms with Gasteiger partial charge in [-0.25, -0.2) is 4.98 Å². The van der Waals surface area contributed by atoms with Crippen LogP contribution >= 0.6 is 0 Å². The van der Waals surface area contributed by atoms with Gasteiger partial charge >= 0.3 is 6.18 Å². The first kappa shape index (κ1) is 12.2. The van der Waals surface area contributed by atoms with Gasteiger partial charge in [-0.15, -0.1) is 0 Å². The lowest BCUT2D eigenvalue weighted by Gasteiger charge is -2.31. The number of β-amino-alcohol motifs (C(OH)–C–C–N with tert-alkyl or cyclic N) is 1. The molecule has 3 nitrogen and oxygen atoms in total. The summed E-state index contributed by atoms with van der Waals surface area (Å²) in [5.41, 5.74) is -0.893. The van der Waals surface area contributed by atoms with Gasteiger partial charge in [0.1, 0.15) is 11.5 Å². The fourth-order valence-corrected chi connectivity index (χ4v) is 1.92. The van der Waals surface area contributed by atoms with Crippen LogP contribution < -0.4 is 4.90 Å². The van der Waals surface area contributed by atoms with Crippen LogP contribution in [0.3, 0.4) is 0 Å². The molecule has 0 bridgehead atoms. The van der Waals surface area contributed by atoms with Gasteiger partial charge in [0, 0.05) is 13.1 Å². The summed E-state index contributed by atoms with van der Waals surface area (Å²) >= 11 is 0. The summed E-state index contributed by atoms with van der Waals surface area (Å²) in [6.45, 7) is 0.972. The molecule has 1 saturated heterocycles. The Balaban J connectivity index is 2.21. The minimum absolute atomic E-state index is 0.276. The van der Waals surface area contributed by atoms with E-state index in [4.69, 9.17) is 0 Å². The van der Waals surface area contributed by atoms with Crippen molar-refractivity contribution in [3.8, 4) is 0 Å². The number of rotatable bonds is 1. The summed E-state index contributed by atoms with van der Waals surface area (Å²) < 4.78 is 37.4. The summed E-state index contributed by atoms with van der Waals surface area (Å²) in [5, 5.41) is 9.48. The van der Waals surface area contributed by atoms with E-state index in [9.17, 15) is 18.3 Å². The zero-order valence-corrected chi connectivity index (χ0v) is 9.11. The second kappa shape index (κ2) is 4.52. The molecule has 94 valence electrons. The zero-order valence-electron chi connectivity index (χ0n) is 9.11. The highest BCUT2D eigenvalue weighted by molar-refractivity contribution is 5.40. The zero-order chi connectivity index (χ0) is 12.5. The van der Waals surface area contributed by atoms with Gasteiger partial charge in [-0.1, -0.05) is 6.07 Å². The Morgan fingerprint density at radius 3 is 2.76 bits per heavy atom. The van der Waals surface area contributed by atoms with Crippen molar-refractivity contribution in [2.45, 2.75) is 25.1 Å². The minimum atomic E-state index is -4.43. The molecule has 0 radical (unpaired) electrons. The number of hydrogen-bond donors (Lipinski definition) is 1. The quantitative estimate of drug-likeness (QED) is 0.824. The van der Waals surface area contributed by atoms with Crippen molar-refractivity contribution in [3.05, 3.63) is 23.9 Å². The lowest BCUT2D eigenvalue weighted by Crippen LogP contribution is -2.38. The summed E-state index contributed by atoms with van der Waals surface area (Å²) in [4.78, 5) is 5.28. The van der Waals surface area contributed by atoms with Crippen LogP contribution in [0.4, 0.5) is 19.0 Å². The molecule has 0 aromatic carbocycles. The topological polar surface area (TPSA) is 36.4 Å². The normalized spacial score (nSPS) is 21.6. The predicted molar refractivity (Wildman–Crippen MR) is 56.7 cm³/mol. The number of aliphatic hydroxyl groups excluding tert-OH is 1. The molecular weight excluding hydrogens is 233 g/mol. The SMILES string of the molecule is OC1CCCN(c2cccc(C(F)(F)F)n2)C1. The lowest BCUT2D eigenvalue weighted by molar-refractivity contribution is -0.141. The molecule has 6 heteroatoms. The Morgan fingerprint density at radius 2 is 2.12 bits per heavy atom. The standard InChI is InChI=1S/C11H13F3N2O/c12-11(13,14)9-4-1-5-10(15-9)16-6-2-3-8(17)7-16/h1,4-5,8,17H,2-3,6-7H2. The number of anilines is 1. The van der Waals surface area contributed by atoms with E-state index < -0.39 is 18.0 Å². The second-order valence-electron chi connectivity index (χ2n) is 4.12. The number of aliphatic hydroxyl groups is 1. The van der Waals surface area contributed by atoms with E-state index >= 15 is 0 Å². The molecule has 1 fully saturated rings. The van der Waals surface area contributed by atoms with Gasteiger partial charge in [-0.2, -0.15) is 13.2 Å². The van der Waals surface area contributed by atoms with E-state index in [1.54, 1.807) is 4.90 Å². The Labute approximate surface area is 96.9 Å². The van der Waals surface area contributed by atoms with Crippen molar-refractivity contribution >= 4 is 5.82 Å². The first-order chi connectivity index (χ1) is 7.97. The number of hydrogen-bond acceptors (Lipinski definition) is 3. The van der Waals surface area contributed by atoms with E-state index in [-0.39, 0.29) is 5.82 Å². The molecule has 1 aliphatic heterocycles. The van der Waals surface area contributed by atoms with Crippen LogP contribution in [0.2, 0.25) is 0 Å². The third kappa shape index (κ3) is 2.88. The first-order valence-electron chi connectivity index (χ1n) is 5.44. The highest BCUT2D eigenvalue weighted by Gasteiger charge is 2.33. The number of nitrogens with zero attached hydrogens (tertiary/aromatic N) is 2. The summed E-state index contributed by atoms with van der Waals surface area (Å²) in [7, 11) is 0. The summed E-state index contributed by atoms with van der Waals surface area (Å²) in [6.07, 6.45) is -3.46. The molecule has 0 saturated carbocycles. The van der Waals surface area contributed by atoms with Gasteiger partial charge in [-0.05, 0) is 25.0 Å². The predicted octanol–water partition coefficient (Wildman–Crippen LogP) is 2.06. The van der Waals surface area contributed by atoms with E-state index in [2.05, 4.69) is 4.98 Å². The van der Waals surface area contributed by atoms with E-state index in [1.165, 1.54) is 12.1 Å². The molecule has 1 atom stereocenters. The van der Waals surface area contributed by atoms with Crippen molar-refractivity contribution in [3.63, 3.8) is 0 Å². The maximum atomic E-state index is 12.5. The average molecular weight is 246 g/mol. The molecule has 0 amide bonds. The van der Waals surface area contributed by atoms with Crippen LogP contribution in [0.1, 0.15) is 18.5 Å². The molecule has 17 heavy (non-hydrogen) atoms. The number of piperidine rings is 1. The molecule has 1 aromatic heterocycles. The maximum Gasteiger partial charge on any atom is 0.433 e. The highest BCUT2D eigenvalue weighted by Crippen LogP contribution is 2.29. The van der Waals surface area contributed by atoms with Crippen molar-refractivity contribution in [2.24, 2.45) is 0 Å². The van der Waals surface area contributed by atoms with Gasteiger partial charge in [-0.3, -0.25) is 0 Å². The fourth-order valence-electron chi connectivity index (χ4n) is 1.92. The van der Waals surface area contributed by atoms with Gasteiger partial charge < -0.3 is 10.0 Å². The summed E-state index contributed by atoms with van der Waals surface area (Å²) in [6, 6.07) is 3.82. The molecule has 0 aliphatic carbocycles. The summed E-state index contributed by atoms with van der Waals surface area (Å²) in [5.74, 6) is 0.276. The van der Waals surface area contributed by atoms with E-state index in [0.717, 1.165) is 12.5 Å². The molecule has 1 aliphatic rings. The Hall–Kier alpha value is -1.30. The van der Waals surface area contributed by atoms with Crippen LogP contribution in [0.15, 0.2) is 18.2 Å². The Bertz CT molecular complexity index is 395. The van der Waals surface area contributed by atoms with Crippen LogP contribution in [0.25, 0.3) is 0 Å². The van der Waals surface area contributed by atoms with Crippen molar-refractivity contribution in [1.29, 1.82) is 0 Å². The van der Waals surface area contributed by atoms with Crippen molar-refractivity contribution < 1.29 is 18.3 Å². The molecule has 1 unspecified atom stereocenters. The van der Waals surface area contributed by atoms with Gasteiger partial charge in [0.15, 0.2) is 0 Å². The third-order valence-electron chi connectivity index (χ3n) is 2.75. The third-order valence-corrected chi connectivity index (χ3v) is 2.75. The van der Waals surface area contributed by atoms with E-state index in [1.807, 2.05) is 0 Å². The number of pyridine rings is 1. The fraction of sp³-hybridized carbons (Fsp3) is 0.545. The second-order valence-corrected chi connectivity index (χ2v) is 4.12. The molecule has 0 spiro atoms.